The number of carbonyl (C=O) groups excluding carboxylic acids is 3. The quantitative estimate of drug-likeness (QED) is 0.0501. The number of amides is 2. The molecule has 1 saturated carbocycles. The van der Waals surface area contributed by atoms with Gasteiger partial charge in [0, 0.05) is 40.5 Å². The summed E-state index contributed by atoms with van der Waals surface area (Å²) >= 11 is 0. The molecule has 3 N–H and O–H groups in total. The van der Waals surface area contributed by atoms with Crippen LogP contribution in [0.1, 0.15) is 33.6 Å². The molecule has 0 bridgehead atoms. The number of carbonyl (C=O) groups is 3. The van der Waals surface area contributed by atoms with Crippen molar-refractivity contribution in [3.05, 3.63) is 103 Å². The van der Waals surface area contributed by atoms with E-state index in [0.29, 0.717) is 35.1 Å². The second-order valence-electron chi connectivity index (χ2n) is 10.3. The lowest BCUT2D eigenvalue weighted by Crippen LogP contribution is -2.21. The second-order valence-corrected chi connectivity index (χ2v) is 10.3. The molecule has 0 saturated heterocycles. The second kappa shape index (κ2) is 19.7. The van der Waals surface area contributed by atoms with Gasteiger partial charge in [-0.15, -0.1) is 0 Å². The van der Waals surface area contributed by atoms with Crippen LogP contribution in [0.4, 0.5) is 15.8 Å². The largest absolute Gasteiger partial charge is 0.509 e. The molecule has 1 heterocycles. The number of halogens is 1. The number of ether oxygens (including phenoxy) is 4. The van der Waals surface area contributed by atoms with E-state index in [9.17, 15) is 18.8 Å². The van der Waals surface area contributed by atoms with Crippen LogP contribution in [0.3, 0.4) is 0 Å². The van der Waals surface area contributed by atoms with Crippen molar-refractivity contribution in [3.8, 4) is 23.0 Å². The topological polar surface area (TPSA) is 145 Å². The van der Waals surface area contributed by atoms with Gasteiger partial charge in [0.15, 0.2) is 11.5 Å². The van der Waals surface area contributed by atoms with Gasteiger partial charge in [-0.05, 0) is 79.6 Å². The van der Waals surface area contributed by atoms with Crippen LogP contribution >= 0.6 is 0 Å². The number of anilines is 2. The van der Waals surface area contributed by atoms with Gasteiger partial charge in [0.2, 0.25) is 12.3 Å². The Hall–Kier alpha value is -5.91. The Bertz CT molecular complexity index is 1720. The fraction of sp³-hybridized carbons (Fsp3) is 0.243. The van der Waals surface area contributed by atoms with Crippen LogP contribution in [0.2, 0.25) is 0 Å². The average Bonchev–Trinajstić information content (AvgIpc) is 3.88. The fourth-order valence-electron chi connectivity index (χ4n) is 3.81. The van der Waals surface area contributed by atoms with Crippen LogP contribution in [-0.2, 0) is 19.1 Å². The number of allylic oxidation sites excluding steroid dienone is 1. The maximum Gasteiger partial charge on any atom is 0.330 e. The number of hydrogen-bond acceptors (Lipinski definition) is 9. The molecule has 1 aromatic heterocycles. The van der Waals surface area contributed by atoms with E-state index in [2.05, 4.69) is 26.9 Å². The summed E-state index contributed by atoms with van der Waals surface area (Å²) in [6, 6.07) is 18.4. The van der Waals surface area contributed by atoms with Crippen LogP contribution in [0.15, 0.2) is 97.4 Å². The molecular weight excluding hydrogens is 633 g/mol. The van der Waals surface area contributed by atoms with Gasteiger partial charge >= 0.3 is 5.97 Å². The van der Waals surface area contributed by atoms with Crippen LogP contribution < -0.4 is 24.8 Å². The monoisotopic (exact) mass is 675 g/mol. The highest BCUT2D eigenvalue weighted by molar-refractivity contribution is 5.97. The molecule has 1 aliphatic rings. The molecule has 1 aliphatic carbocycles. The van der Waals surface area contributed by atoms with Gasteiger partial charge in [0.25, 0.3) is 0 Å². The molecular formula is C37H42FN3O8. The van der Waals surface area contributed by atoms with Gasteiger partial charge in [0.1, 0.15) is 23.1 Å². The molecule has 11 nitrogen and oxygen atoms in total. The third-order valence-electron chi connectivity index (χ3n) is 6.78. The number of aromatic nitrogens is 1. The molecule has 4 aromatic rings. The van der Waals surface area contributed by atoms with E-state index in [1.807, 2.05) is 57.2 Å². The minimum Gasteiger partial charge on any atom is -0.509 e. The summed E-state index contributed by atoms with van der Waals surface area (Å²) in [6.45, 7) is 9.11. The van der Waals surface area contributed by atoms with E-state index < -0.39 is 5.97 Å². The van der Waals surface area contributed by atoms with E-state index in [4.69, 9.17) is 19.3 Å². The van der Waals surface area contributed by atoms with E-state index in [1.54, 1.807) is 26.5 Å². The highest BCUT2D eigenvalue weighted by Crippen LogP contribution is 2.45. The van der Waals surface area contributed by atoms with Crippen molar-refractivity contribution in [2.24, 2.45) is 5.41 Å². The number of pyridine rings is 1. The SMILES string of the molecule is C=C(O)/C=C/C(=O)OC.CC.COc1cc2nccc(Oc3ccc(NC(=O)C4(C)CC4)cc3)c2cc1OC.O=CNc1ccc(F)cc1. The number of methoxy groups -OCH3 is 3. The Morgan fingerprint density at radius 3 is 2.02 bits per heavy atom. The number of rotatable bonds is 10. The first kappa shape index (κ1) is 39.3. The van der Waals surface area contributed by atoms with Crippen molar-refractivity contribution in [1.82, 2.24) is 4.98 Å². The minimum atomic E-state index is -0.509. The number of aliphatic hydroxyl groups excluding tert-OH is 1. The van der Waals surface area contributed by atoms with Crippen molar-refractivity contribution >= 4 is 40.6 Å². The molecule has 260 valence electrons. The Balaban J connectivity index is 0.000000326. The van der Waals surface area contributed by atoms with Gasteiger partial charge < -0.3 is 34.7 Å². The van der Waals surface area contributed by atoms with Gasteiger partial charge in [-0.1, -0.05) is 27.4 Å². The summed E-state index contributed by atoms with van der Waals surface area (Å²) < 4.78 is 33.2. The van der Waals surface area contributed by atoms with Crippen LogP contribution in [0, 0.1) is 11.2 Å². The lowest BCUT2D eigenvalue weighted by Gasteiger charge is -2.13. The highest BCUT2D eigenvalue weighted by atomic mass is 19.1. The molecule has 5 rings (SSSR count). The van der Waals surface area contributed by atoms with E-state index >= 15 is 0 Å². The molecule has 1 fully saturated rings. The molecule has 0 atom stereocenters. The summed E-state index contributed by atoms with van der Waals surface area (Å²) in [7, 11) is 4.44. The zero-order chi connectivity index (χ0) is 36.4. The van der Waals surface area contributed by atoms with Crippen molar-refractivity contribution in [2.45, 2.75) is 33.6 Å². The van der Waals surface area contributed by atoms with Crippen molar-refractivity contribution < 1.29 is 42.8 Å². The van der Waals surface area contributed by atoms with Crippen LogP contribution in [0.5, 0.6) is 23.0 Å². The van der Waals surface area contributed by atoms with E-state index in [-0.39, 0.29) is 22.9 Å². The standard InChI is InChI=1S/C22H22N2O4.C7H6FNO.C6H8O3.C2H6/c1-22(9-10-22)21(25)24-14-4-6-15(7-5-14)28-18-8-11-23-17-13-20(27-3)19(26-2)12-16(17)18;8-6-1-3-7(4-2-6)9-5-10;1-5(7)3-4-6(8)9-2;1-2/h4-8,11-13H,9-10H2,1-3H3,(H,24,25);1-5H,(H,9,10);3-4,7H,1H2,2H3;1-2H3/b;;4-3+;. The third-order valence-corrected chi connectivity index (χ3v) is 6.78. The first-order chi connectivity index (χ1) is 23.5. The van der Waals surface area contributed by atoms with Crippen molar-refractivity contribution in [3.63, 3.8) is 0 Å². The Kier molecular flexibility index (Phi) is 15.8. The van der Waals surface area contributed by atoms with E-state index in [0.717, 1.165) is 41.6 Å². The number of hydrogen-bond donors (Lipinski definition) is 3. The summed E-state index contributed by atoms with van der Waals surface area (Å²) in [5.74, 6) is 1.64. The average molecular weight is 676 g/mol. The molecule has 0 unspecified atom stereocenters. The number of fused-ring (bicyclic) bond motifs is 1. The molecule has 0 radical (unpaired) electrons. The molecule has 49 heavy (non-hydrogen) atoms. The fourth-order valence-corrected chi connectivity index (χ4v) is 3.81. The van der Waals surface area contributed by atoms with Gasteiger partial charge in [-0.25, -0.2) is 9.18 Å². The highest BCUT2D eigenvalue weighted by Gasteiger charge is 2.44. The predicted octanol–water partition coefficient (Wildman–Crippen LogP) is 7.99. The maximum atomic E-state index is 12.2. The number of benzene rings is 3. The Morgan fingerprint density at radius 2 is 1.49 bits per heavy atom. The van der Waals surface area contributed by atoms with Crippen molar-refractivity contribution in [2.75, 3.05) is 32.0 Å². The molecule has 0 spiro atoms. The minimum absolute atomic E-state index is 0.0716. The van der Waals surface area contributed by atoms with Crippen molar-refractivity contribution in [1.29, 1.82) is 0 Å². The lowest BCUT2D eigenvalue weighted by molar-refractivity contribution is -0.134. The van der Waals surface area contributed by atoms with Gasteiger partial charge in [0.05, 0.1) is 26.8 Å². The third kappa shape index (κ3) is 12.7. The molecule has 0 aliphatic heterocycles. The predicted molar refractivity (Wildman–Crippen MR) is 188 cm³/mol. The summed E-state index contributed by atoms with van der Waals surface area (Å²) in [5, 5.41) is 14.6. The number of nitrogens with zero attached hydrogens (tertiary/aromatic N) is 1. The summed E-state index contributed by atoms with van der Waals surface area (Å²) in [5.41, 5.74) is 1.90. The zero-order valence-electron chi connectivity index (χ0n) is 28.4. The summed E-state index contributed by atoms with van der Waals surface area (Å²) in [4.78, 5) is 36.6. The van der Waals surface area contributed by atoms with Crippen LogP contribution in [-0.4, -0.2) is 49.7 Å². The molecule has 12 heteroatoms. The lowest BCUT2D eigenvalue weighted by atomic mass is 10.1. The van der Waals surface area contributed by atoms with Gasteiger partial charge in [-0.2, -0.15) is 0 Å². The number of aliphatic hydroxyl groups is 1. The summed E-state index contributed by atoms with van der Waals surface area (Å²) in [6.07, 6.45) is 6.38. The molecule has 3 aromatic carbocycles. The molecule has 2 amide bonds. The van der Waals surface area contributed by atoms with E-state index in [1.165, 1.54) is 31.4 Å². The first-order valence-electron chi connectivity index (χ1n) is 15.2. The Morgan fingerprint density at radius 1 is 0.898 bits per heavy atom. The van der Waals surface area contributed by atoms with Gasteiger partial charge in [-0.3, -0.25) is 14.6 Å². The number of esters is 1. The first-order valence-corrected chi connectivity index (χ1v) is 15.2. The van der Waals surface area contributed by atoms with Crippen LogP contribution in [0.25, 0.3) is 10.9 Å². The number of nitrogens with one attached hydrogen (secondary N) is 2. The zero-order valence-corrected chi connectivity index (χ0v) is 28.4. The Labute approximate surface area is 285 Å². The normalized spacial score (nSPS) is 11.9. The smallest absolute Gasteiger partial charge is 0.330 e. The maximum absolute atomic E-state index is 12.2.